The van der Waals surface area contributed by atoms with Gasteiger partial charge in [-0.05, 0) is 50.4 Å². The molecule has 2 saturated heterocycles. The van der Waals surface area contributed by atoms with Gasteiger partial charge in [-0.3, -0.25) is 9.69 Å². The second kappa shape index (κ2) is 7.51. The molecule has 2 unspecified atom stereocenters. The smallest absolute Gasteiger partial charge is 0.222 e. The van der Waals surface area contributed by atoms with E-state index in [2.05, 4.69) is 9.80 Å². The van der Waals surface area contributed by atoms with Crippen molar-refractivity contribution >= 4 is 5.91 Å². The minimum absolute atomic E-state index is 0.231. The second-order valence-corrected chi connectivity index (χ2v) is 6.79. The fraction of sp³-hybridized carbons (Fsp3) is 0.632. The SMILES string of the molecule is CCC(=O)N1CCCC1C1CCCN1Cc1cc(F)ccc1OC. The molecule has 2 heterocycles. The highest BCUT2D eigenvalue weighted by Gasteiger charge is 2.39. The van der Waals surface area contributed by atoms with Crippen molar-refractivity contribution in [1.29, 1.82) is 0 Å². The van der Waals surface area contributed by atoms with E-state index in [1.807, 2.05) is 6.92 Å². The molecular weight excluding hydrogens is 307 g/mol. The van der Waals surface area contributed by atoms with Gasteiger partial charge < -0.3 is 9.64 Å². The lowest BCUT2D eigenvalue weighted by Crippen LogP contribution is -2.47. The maximum atomic E-state index is 13.6. The van der Waals surface area contributed by atoms with Gasteiger partial charge in [0.25, 0.3) is 0 Å². The van der Waals surface area contributed by atoms with Gasteiger partial charge in [0.15, 0.2) is 0 Å². The summed E-state index contributed by atoms with van der Waals surface area (Å²) in [5.41, 5.74) is 0.885. The van der Waals surface area contributed by atoms with Gasteiger partial charge in [-0.25, -0.2) is 4.39 Å². The summed E-state index contributed by atoms with van der Waals surface area (Å²) in [6.07, 6.45) is 4.97. The van der Waals surface area contributed by atoms with E-state index < -0.39 is 0 Å². The number of likely N-dealkylation sites (tertiary alicyclic amines) is 2. The standard InChI is InChI=1S/C19H27FN2O2/c1-3-19(23)22-11-5-7-17(22)16-6-4-10-21(16)13-14-12-15(20)8-9-18(14)24-2/h8-9,12,16-17H,3-7,10-11,13H2,1-2H3. The average Bonchev–Trinajstić information content (AvgIpc) is 3.23. The summed E-state index contributed by atoms with van der Waals surface area (Å²) in [5.74, 6) is 0.757. The number of benzene rings is 1. The molecule has 0 aromatic heterocycles. The normalized spacial score (nSPS) is 24.5. The Balaban J connectivity index is 1.76. The number of amides is 1. The van der Waals surface area contributed by atoms with Gasteiger partial charge in [-0.1, -0.05) is 6.92 Å². The lowest BCUT2D eigenvalue weighted by Gasteiger charge is -2.35. The summed E-state index contributed by atoms with van der Waals surface area (Å²) in [6.45, 7) is 4.48. The molecule has 2 aliphatic heterocycles. The van der Waals surface area contributed by atoms with Crippen LogP contribution in [-0.2, 0) is 11.3 Å². The summed E-state index contributed by atoms with van der Waals surface area (Å²) in [7, 11) is 1.62. The number of halogens is 1. The van der Waals surface area contributed by atoms with E-state index in [0.717, 1.165) is 50.1 Å². The van der Waals surface area contributed by atoms with Crippen molar-refractivity contribution in [3.05, 3.63) is 29.6 Å². The maximum absolute atomic E-state index is 13.6. The highest BCUT2D eigenvalue weighted by atomic mass is 19.1. The van der Waals surface area contributed by atoms with Crippen LogP contribution in [0.4, 0.5) is 4.39 Å². The van der Waals surface area contributed by atoms with Gasteiger partial charge in [-0.2, -0.15) is 0 Å². The maximum Gasteiger partial charge on any atom is 0.222 e. The molecule has 3 rings (SSSR count). The Kier molecular flexibility index (Phi) is 5.39. The minimum Gasteiger partial charge on any atom is -0.496 e. The van der Waals surface area contributed by atoms with Crippen LogP contribution in [0.15, 0.2) is 18.2 Å². The Morgan fingerprint density at radius 3 is 2.75 bits per heavy atom. The lowest BCUT2D eigenvalue weighted by atomic mass is 10.0. The molecule has 2 fully saturated rings. The number of ether oxygens (including phenoxy) is 1. The number of hydrogen-bond donors (Lipinski definition) is 0. The molecule has 0 saturated carbocycles. The highest BCUT2D eigenvalue weighted by molar-refractivity contribution is 5.76. The van der Waals surface area contributed by atoms with Gasteiger partial charge in [0.1, 0.15) is 11.6 Å². The quantitative estimate of drug-likeness (QED) is 0.829. The first kappa shape index (κ1) is 17.2. The van der Waals surface area contributed by atoms with Crippen LogP contribution in [0.25, 0.3) is 0 Å². The molecule has 1 aromatic carbocycles. The molecule has 0 aliphatic carbocycles. The van der Waals surface area contributed by atoms with Crippen molar-refractivity contribution in [2.45, 2.75) is 57.7 Å². The zero-order valence-electron chi connectivity index (χ0n) is 14.6. The highest BCUT2D eigenvalue weighted by Crippen LogP contribution is 2.32. The van der Waals surface area contributed by atoms with E-state index in [-0.39, 0.29) is 11.7 Å². The molecule has 1 aromatic rings. The summed E-state index contributed by atoms with van der Waals surface area (Å²) in [4.78, 5) is 16.7. The molecule has 132 valence electrons. The van der Waals surface area contributed by atoms with E-state index >= 15 is 0 Å². The van der Waals surface area contributed by atoms with Crippen LogP contribution in [0.2, 0.25) is 0 Å². The van der Waals surface area contributed by atoms with E-state index in [1.54, 1.807) is 19.2 Å². The van der Waals surface area contributed by atoms with Crippen LogP contribution in [-0.4, -0.2) is 48.0 Å². The van der Waals surface area contributed by atoms with E-state index in [9.17, 15) is 9.18 Å². The molecule has 1 amide bonds. The number of carbonyl (C=O) groups excluding carboxylic acids is 1. The van der Waals surface area contributed by atoms with Crippen molar-refractivity contribution in [2.24, 2.45) is 0 Å². The van der Waals surface area contributed by atoms with Crippen LogP contribution >= 0.6 is 0 Å². The fourth-order valence-electron chi connectivity index (χ4n) is 4.28. The second-order valence-electron chi connectivity index (χ2n) is 6.79. The summed E-state index contributed by atoms with van der Waals surface area (Å²) in [6, 6.07) is 5.37. The Morgan fingerprint density at radius 1 is 1.25 bits per heavy atom. The van der Waals surface area contributed by atoms with Crippen LogP contribution in [0.5, 0.6) is 5.75 Å². The predicted octanol–water partition coefficient (Wildman–Crippen LogP) is 3.20. The van der Waals surface area contributed by atoms with Gasteiger partial charge in [-0.15, -0.1) is 0 Å². The van der Waals surface area contributed by atoms with Gasteiger partial charge >= 0.3 is 0 Å². The van der Waals surface area contributed by atoms with Crippen LogP contribution in [0, 0.1) is 5.82 Å². The Hall–Kier alpha value is -1.62. The molecular formula is C19H27FN2O2. The van der Waals surface area contributed by atoms with E-state index in [4.69, 9.17) is 4.74 Å². The first-order valence-corrected chi connectivity index (χ1v) is 9.00. The average molecular weight is 334 g/mol. The van der Waals surface area contributed by atoms with Crippen LogP contribution in [0.1, 0.15) is 44.6 Å². The molecule has 0 spiro atoms. The monoisotopic (exact) mass is 334 g/mol. The van der Waals surface area contributed by atoms with E-state index in [1.165, 1.54) is 6.07 Å². The number of rotatable bonds is 5. The molecule has 0 radical (unpaired) electrons. The lowest BCUT2D eigenvalue weighted by molar-refractivity contribution is -0.132. The topological polar surface area (TPSA) is 32.8 Å². The van der Waals surface area contributed by atoms with Crippen molar-refractivity contribution in [1.82, 2.24) is 9.80 Å². The summed E-state index contributed by atoms with van der Waals surface area (Å²) >= 11 is 0. The third-order valence-corrected chi connectivity index (χ3v) is 5.40. The first-order valence-electron chi connectivity index (χ1n) is 9.00. The van der Waals surface area contributed by atoms with Crippen molar-refractivity contribution in [3.63, 3.8) is 0 Å². The Morgan fingerprint density at radius 2 is 2.00 bits per heavy atom. The fourth-order valence-corrected chi connectivity index (χ4v) is 4.28. The number of carbonyl (C=O) groups is 1. The number of nitrogens with zero attached hydrogens (tertiary/aromatic N) is 2. The Bertz CT molecular complexity index is 593. The molecule has 4 nitrogen and oxygen atoms in total. The van der Waals surface area contributed by atoms with Gasteiger partial charge in [0.05, 0.1) is 7.11 Å². The molecule has 2 atom stereocenters. The van der Waals surface area contributed by atoms with Crippen molar-refractivity contribution in [2.75, 3.05) is 20.2 Å². The third-order valence-electron chi connectivity index (χ3n) is 5.40. The van der Waals surface area contributed by atoms with Gasteiger partial charge in [0, 0.05) is 37.2 Å². The zero-order chi connectivity index (χ0) is 17.1. The largest absolute Gasteiger partial charge is 0.496 e. The summed E-state index contributed by atoms with van der Waals surface area (Å²) in [5, 5.41) is 0. The predicted molar refractivity (Wildman–Crippen MR) is 91.4 cm³/mol. The first-order chi connectivity index (χ1) is 11.6. The Labute approximate surface area is 143 Å². The number of hydrogen-bond acceptors (Lipinski definition) is 3. The zero-order valence-corrected chi connectivity index (χ0v) is 14.6. The molecule has 2 aliphatic rings. The molecule has 5 heteroatoms. The third kappa shape index (κ3) is 3.41. The van der Waals surface area contributed by atoms with Crippen LogP contribution in [0.3, 0.4) is 0 Å². The van der Waals surface area contributed by atoms with Crippen molar-refractivity contribution in [3.8, 4) is 5.75 Å². The minimum atomic E-state index is -0.231. The number of methoxy groups -OCH3 is 1. The van der Waals surface area contributed by atoms with Crippen LogP contribution < -0.4 is 4.74 Å². The molecule has 0 N–H and O–H groups in total. The summed E-state index contributed by atoms with van der Waals surface area (Å²) < 4.78 is 19.0. The van der Waals surface area contributed by atoms with E-state index in [0.29, 0.717) is 25.0 Å². The molecule has 0 bridgehead atoms. The molecule has 24 heavy (non-hydrogen) atoms. The van der Waals surface area contributed by atoms with Crippen molar-refractivity contribution < 1.29 is 13.9 Å². The van der Waals surface area contributed by atoms with Gasteiger partial charge in [0.2, 0.25) is 5.91 Å².